The number of rotatable bonds is 3. The van der Waals surface area contributed by atoms with E-state index in [-0.39, 0.29) is 5.91 Å². The molecule has 2 rings (SSSR count). The second kappa shape index (κ2) is 5.61. The predicted octanol–water partition coefficient (Wildman–Crippen LogP) is 1.69. The SMILES string of the molecule is CC1(C)C(=O)NCCN1CC(O)c1cccc(Br)c1. The molecule has 0 spiro atoms. The molecule has 0 saturated carbocycles. The van der Waals surface area contributed by atoms with Crippen molar-refractivity contribution in [2.75, 3.05) is 19.6 Å². The molecular weight excluding hydrogens is 308 g/mol. The summed E-state index contributed by atoms with van der Waals surface area (Å²) in [5, 5.41) is 13.2. The van der Waals surface area contributed by atoms with E-state index in [0.717, 1.165) is 16.6 Å². The molecule has 0 aliphatic carbocycles. The van der Waals surface area contributed by atoms with Crippen molar-refractivity contribution >= 4 is 21.8 Å². The zero-order chi connectivity index (χ0) is 14.0. The Hall–Kier alpha value is -0.910. The zero-order valence-corrected chi connectivity index (χ0v) is 12.8. The lowest BCUT2D eigenvalue weighted by Crippen LogP contribution is -2.62. The summed E-state index contributed by atoms with van der Waals surface area (Å²) >= 11 is 3.40. The third-order valence-electron chi connectivity index (χ3n) is 3.64. The highest BCUT2D eigenvalue weighted by Crippen LogP contribution is 2.24. The van der Waals surface area contributed by atoms with E-state index in [1.807, 2.05) is 43.0 Å². The highest BCUT2D eigenvalue weighted by atomic mass is 79.9. The molecule has 0 radical (unpaired) electrons. The lowest BCUT2D eigenvalue weighted by molar-refractivity contribution is -0.136. The summed E-state index contributed by atoms with van der Waals surface area (Å²) in [5.74, 6) is 0.0141. The van der Waals surface area contributed by atoms with Crippen LogP contribution in [0.15, 0.2) is 28.7 Å². The van der Waals surface area contributed by atoms with E-state index in [2.05, 4.69) is 21.2 Å². The summed E-state index contributed by atoms with van der Waals surface area (Å²) in [6, 6.07) is 7.62. The zero-order valence-electron chi connectivity index (χ0n) is 11.2. The highest BCUT2D eigenvalue weighted by molar-refractivity contribution is 9.10. The van der Waals surface area contributed by atoms with Crippen LogP contribution in [0.1, 0.15) is 25.5 Å². The van der Waals surface area contributed by atoms with Crippen molar-refractivity contribution in [3.63, 3.8) is 0 Å². The quantitative estimate of drug-likeness (QED) is 0.888. The van der Waals surface area contributed by atoms with Crippen LogP contribution in [0.5, 0.6) is 0 Å². The Labute approximate surface area is 121 Å². The van der Waals surface area contributed by atoms with Gasteiger partial charge in [-0.1, -0.05) is 28.1 Å². The molecule has 5 heteroatoms. The van der Waals surface area contributed by atoms with Gasteiger partial charge >= 0.3 is 0 Å². The minimum atomic E-state index is -0.595. The number of hydrogen-bond donors (Lipinski definition) is 2. The summed E-state index contributed by atoms with van der Waals surface area (Å²) in [6.45, 7) is 5.61. The number of aliphatic hydroxyl groups is 1. The van der Waals surface area contributed by atoms with Crippen molar-refractivity contribution in [2.24, 2.45) is 0 Å². The summed E-state index contributed by atoms with van der Waals surface area (Å²) < 4.78 is 0.944. The average molecular weight is 327 g/mol. The van der Waals surface area contributed by atoms with Gasteiger partial charge in [0.1, 0.15) is 0 Å². The van der Waals surface area contributed by atoms with Crippen LogP contribution in [-0.4, -0.2) is 41.1 Å². The van der Waals surface area contributed by atoms with Gasteiger partial charge in [-0.25, -0.2) is 0 Å². The van der Waals surface area contributed by atoms with E-state index in [1.54, 1.807) is 0 Å². The molecule has 0 bridgehead atoms. The molecule has 1 heterocycles. The molecule has 1 atom stereocenters. The second-order valence-corrected chi connectivity index (χ2v) is 6.25. The van der Waals surface area contributed by atoms with Crippen LogP contribution in [0.3, 0.4) is 0 Å². The number of nitrogens with zero attached hydrogens (tertiary/aromatic N) is 1. The number of benzene rings is 1. The fraction of sp³-hybridized carbons (Fsp3) is 0.500. The van der Waals surface area contributed by atoms with Gasteiger partial charge < -0.3 is 10.4 Å². The molecule has 0 aromatic heterocycles. The Morgan fingerprint density at radius 1 is 1.53 bits per heavy atom. The van der Waals surface area contributed by atoms with Crippen molar-refractivity contribution in [3.05, 3.63) is 34.3 Å². The lowest BCUT2D eigenvalue weighted by Gasteiger charge is -2.42. The Bertz CT molecular complexity index is 476. The third-order valence-corrected chi connectivity index (χ3v) is 4.13. The fourth-order valence-corrected chi connectivity index (χ4v) is 2.71. The fourth-order valence-electron chi connectivity index (χ4n) is 2.29. The smallest absolute Gasteiger partial charge is 0.240 e. The van der Waals surface area contributed by atoms with Crippen LogP contribution in [-0.2, 0) is 4.79 Å². The van der Waals surface area contributed by atoms with Gasteiger partial charge in [0.25, 0.3) is 0 Å². The monoisotopic (exact) mass is 326 g/mol. The Morgan fingerprint density at radius 2 is 2.26 bits per heavy atom. The van der Waals surface area contributed by atoms with Gasteiger partial charge in [0.05, 0.1) is 11.6 Å². The number of hydrogen-bond acceptors (Lipinski definition) is 3. The Kier molecular flexibility index (Phi) is 4.28. The number of nitrogens with one attached hydrogen (secondary N) is 1. The van der Waals surface area contributed by atoms with Crippen LogP contribution in [0, 0.1) is 0 Å². The van der Waals surface area contributed by atoms with E-state index in [4.69, 9.17) is 0 Å². The number of carbonyl (C=O) groups excluding carboxylic acids is 1. The number of amides is 1. The molecule has 1 aliphatic rings. The minimum absolute atomic E-state index is 0.0141. The lowest BCUT2D eigenvalue weighted by atomic mass is 9.97. The van der Waals surface area contributed by atoms with Crippen molar-refractivity contribution in [1.29, 1.82) is 0 Å². The van der Waals surface area contributed by atoms with E-state index >= 15 is 0 Å². The van der Waals surface area contributed by atoms with Crippen molar-refractivity contribution in [2.45, 2.75) is 25.5 Å². The van der Waals surface area contributed by atoms with E-state index < -0.39 is 11.6 Å². The number of carbonyl (C=O) groups is 1. The van der Waals surface area contributed by atoms with Gasteiger partial charge in [-0.15, -0.1) is 0 Å². The molecule has 19 heavy (non-hydrogen) atoms. The van der Waals surface area contributed by atoms with Crippen LogP contribution < -0.4 is 5.32 Å². The second-order valence-electron chi connectivity index (χ2n) is 5.33. The van der Waals surface area contributed by atoms with Gasteiger partial charge in [-0.05, 0) is 31.5 Å². The van der Waals surface area contributed by atoms with Crippen LogP contribution in [0.25, 0.3) is 0 Å². The van der Waals surface area contributed by atoms with Gasteiger partial charge in [0, 0.05) is 24.1 Å². The Balaban J connectivity index is 2.10. The highest BCUT2D eigenvalue weighted by Gasteiger charge is 2.38. The van der Waals surface area contributed by atoms with E-state index in [0.29, 0.717) is 13.1 Å². The third kappa shape index (κ3) is 3.16. The maximum absolute atomic E-state index is 11.9. The molecule has 1 fully saturated rings. The average Bonchev–Trinajstić information content (AvgIpc) is 2.35. The number of piperazine rings is 1. The van der Waals surface area contributed by atoms with Crippen molar-refractivity contribution in [1.82, 2.24) is 10.2 Å². The largest absolute Gasteiger partial charge is 0.387 e. The van der Waals surface area contributed by atoms with Gasteiger partial charge in [0.15, 0.2) is 0 Å². The van der Waals surface area contributed by atoms with Crippen LogP contribution in [0.4, 0.5) is 0 Å². The molecule has 104 valence electrons. The molecule has 2 N–H and O–H groups in total. The van der Waals surface area contributed by atoms with Crippen molar-refractivity contribution in [3.8, 4) is 0 Å². The first-order chi connectivity index (χ1) is 8.91. The summed E-state index contributed by atoms with van der Waals surface area (Å²) in [4.78, 5) is 13.9. The molecule has 1 aliphatic heterocycles. The first-order valence-corrected chi connectivity index (χ1v) is 7.17. The molecule has 1 unspecified atom stereocenters. The summed E-state index contributed by atoms with van der Waals surface area (Å²) in [7, 11) is 0. The summed E-state index contributed by atoms with van der Waals surface area (Å²) in [5.41, 5.74) is 0.279. The molecular formula is C14H19BrN2O2. The van der Waals surface area contributed by atoms with E-state index in [9.17, 15) is 9.90 Å². The number of aliphatic hydroxyl groups excluding tert-OH is 1. The summed E-state index contributed by atoms with van der Waals surface area (Å²) in [6.07, 6.45) is -0.595. The van der Waals surface area contributed by atoms with Gasteiger partial charge in [-0.3, -0.25) is 9.69 Å². The number of halogens is 1. The van der Waals surface area contributed by atoms with Gasteiger partial charge in [0.2, 0.25) is 5.91 Å². The van der Waals surface area contributed by atoms with E-state index in [1.165, 1.54) is 0 Å². The normalized spacial score (nSPS) is 20.9. The maximum atomic E-state index is 11.9. The Morgan fingerprint density at radius 3 is 2.95 bits per heavy atom. The van der Waals surface area contributed by atoms with Crippen molar-refractivity contribution < 1.29 is 9.90 Å². The molecule has 4 nitrogen and oxygen atoms in total. The maximum Gasteiger partial charge on any atom is 0.240 e. The standard InChI is InChI=1S/C14H19BrN2O2/c1-14(2)13(19)16-6-7-17(14)9-12(18)10-4-3-5-11(15)8-10/h3-5,8,12,18H,6-7,9H2,1-2H3,(H,16,19). The van der Waals surface area contributed by atoms with Gasteiger partial charge in [-0.2, -0.15) is 0 Å². The predicted molar refractivity (Wildman–Crippen MR) is 77.8 cm³/mol. The molecule has 1 amide bonds. The molecule has 1 saturated heterocycles. The minimum Gasteiger partial charge on any atom is -0.387 e. The first kappa shape index (κ1) is 14.5. The first-order valence-electron chi connectivity index (χ1n) is 6.38. The van der Waals surface area contributed by atoms with Crippen LogP contribution >= 0.6 is 15.9 Å². The molecule has 1 aromatic rings. The van der Waals surface area contributed by atoms with Crippen LogP contribution in [0.2, 0.25) is 0 Å². The molecule has 1 aromatic carbocycles. The topological polar surface area (TPSA) is 52.6 Å². The number of β-amino-alcohol motifs (C(OH)–C–C–N with tert-alkyl or cyclic N) is 1.